The number of benzene rings is 3. The van der Waals surface area contributed by atoms with Crippen molar-refractivity contribution in [3.63, 3.8) is 0 Å². The molecule has 0 fully saturated rings. The maximum Gasteiger partial charge on any atom is 0.268 e. The van der Waals surface area contributed by atoms with Crippen LogP contribution in [0.5, 0.6) is 5.75 Å². The third kappa shape index (κ3) is 5.03. The van der Waals surface area contributed by atoms with Crippen LogP contribution in [0.4, 0.5) is 11.4 Å². The van der Waals surface area contributed by atoms with Gasteiger partial charge in [0.05, 0.1) is 42.7 Å². The molecule has 1 amide bonds. The fraction of sp³-hybridized carbons (Fsp3) is 0.148. The van der Waals surface area contributed by atoms with Crippen molar-refractivity contribution < 1.29 is 17.9 Å². The van der Waals surface area contributed by atoms with E-state index in [9.17, 15) is 13.2 Å². The Bertz CT molecular complexity index is 1590. The Balaban J connectivity index is 1.41. The van der Waals surface area contributed by atoms with Crippen molar-refractivity contribution in [3.05, 3.63) is 90.1 Å². The zero-order valence-corrected chi connectivity index (χ0v) is 21.8. The first kappa shape index (κ1) is 24.8. The number of para-hydroxylation sites is 3. The first-order valence-corrected chi connectivity index (χ1v) is 13.9. The van der Waals surface area contributed by atoms with Crippen molar-refractivity contribution in [1.29, 1.82) is 0 Å². The number of ether oxygens (including phenoxy) is 1. The van der Waals surface area contributed by atoms with Gasteiger partial charge >= 0.3 is 0 Å². The summed E-state index contributed by atoms with van der Waals surface area (Å²) >= 11 is 1.13. The molecule has 8 nitrogen and oxygen atoms in total. The number of thioether (sulfide) groups is 1. The van der Waals surface area contributed by atoms with Crippen molar-refractivity contribution in [1.82, 2.24) is 9.97 Å². The number of amides is 1. The molecule has 1 aliphatic heterocycles. The Morgan fingerprint density at radius 3 is 2.65 bits per heavy atom. The summed E-state index contributed by atoms with van der Waals surface area (Å²) in [7, 11) is -2.36. The monoisotopic (exact) mass is 532 g/mol. The molecule has 0 bridgehead atoms. The highest BCUT2D eigenvalue weighted by Crippen LogP contribution is 2.42. The number of fused-ring (bicyclic) bond motifs is 3. The molecule has 0 unspecified atom stereocenters. The Morgan fingerprint density at radius 2 is 1.84 bits per heavy atom. The van der Waals surface area contributed by atoms with Gasteiger partial charge in [-0.1, -0.05) is 71.9 Å². The predicted molar refractivity (Wildman–Crippen MR) is 144 cm³/mol. The maximum atomic E-state index is 13.7. The average Bonchev–Trinajstić information content (AvgIpc) is 2.90. The van der Waals surface area contributed by atoms with Crippen LogP contribution < -0.4 is 14.4 Å². The number of nitrogens with zero attached hydrogens (tertiary/aromatic N) is 3. The highest BCUT2D eigenvalue weighted by Gasteiger charge is 2.36. The molecule has 0 aliphatic carbocycles. The van der Waals surface area contributed by atoms with E-state index < -0.39 is 10.0 Å². The SMILES string of the molecule is COc1ccccc1NC(=O)CSc1ncc2c(n1)-c1ccccc1N(Cc1cccc(C)c1)S2(=O)=O. The van der Waals surface area contributed by atoms with Crippen molar-refractivity contribution in [3.8, 4) is 17.0 Å². The van der Waals surface area contributed by atoms with Crippen molar-refractivity contribution >= 4 is 39.1 Å². The molecule has 0 radical (unpaired) electrons. The maximum absolute atomic E-state index is 13.7. The number of aromatic nitrogens is 2. The summed E-state index contributed by atoms with van der Waals surface area (Å²) in [6.45, 7) is 2.17. The minimum absolute atomic E-state index is 0.0432. The highest BCUT2D eigenvalue weighted by atomic mass is 32.2. The molecule has 0 spiro atoms. The van der Waals surface area contributed by atoms with Crippen molar-refractivity contribution in [2.45, 2.75) is 23.5 Å². The molecule has 4 aromatic rings. The number of carbonyl (C=O) groups excluding carboxylic acids is 1. The molecule has 3 aromatic carbocycles. The number of hydrogen-bond acceptors (Lipinski definition) is 7. The average molecular weight is 533 g/mol. The first-order valence-electron chi connectivity index (χ1n) is 11.5. The predicted octanol–water partition coefficient (Wildman–Crippen LogP) is 4.90. The van der Waals surface area contributed by atoms with E-state index in [-0.39, 0.29) is 23.1 Å². The van der Waals surface area contributed by atoms with Gasteiger partial charge in [0.1, 0.15) is 10.6 Å². The Labute approximate surface area is 219 Å². The summed E-state index contributed by atoms with van der Waals surface area (Å²) in [6, 6.07) is 22.2. The van der Waals surface area contributed by atoms with Gasteiger partial charge in [0.15, 0.2) is 5.16 Å². The Kier molecular flexibility index (Phi) is 6.86. The number of carbonyl (C=O) groups is 1. The van der Waals surface area contributed by atoms with E-state index in [1.165, 1.54) is 17.6 Å². The summed E-state index contributed by atoms with van der Waals surface area (Å²) < 4.78 is 34.0. The largest absolute Gasteiger partial charge is 0.495 e. The van der Waals surface area contributed by atoms with Gasteiger partial charge in [-0.05, 0) is 30.7 Å². The molecule has 5 rings (SSSR count). The lowest BCUT2D eigenvalue weighted by Crippen LogP contribution is -2.34. The zero-order valence-electron chi connectivity index (χ0n) is 20.2. The van der Waals surface area contributed by atoms with E-state index in [1.54, 1.807) is 24.3 Å². The van der Waals surface area contributed by atoms with Gasteiger partial charge in [0.25, 0.3) is 10.0 Å². The number of sulfonamides is 1. The first-order chi connectivity index (χ1) is 17.9. The van der Waals surface area contributed by atoms with Crippen LogP contribution in [0.25, 0.3) is 11.3 Å². The molecule has 0 saturated heterocycles. The van der Waals surface area contributed by atoms with Gasteiger partial charge in [-0.15, -0.1) is 0 Å². The van der Waals surface area contributed by atoms with Crippen LogP contribution in [0.15, 0.2) is 89.0 Å². The van der Waals surface area contributed by atoms with E-state index in [4.69, 9.17) is 4.74 Å². The number of nitrogens with one attached hydrogen (secondary N) is 1. The van der Waals surface area contributed by atoms with Crippen LogP contribution in [0, 0.1) is 6.92 Å². The Hall–Kier alpha value is -3.89. The number of methoxy groups -OCH3 is 1. The number of rotatable bonds is 7. The topological polar surface area (TPSA) is 101 Å². The van der Waals surface area contributed by atoms with Crippen LogP contribution in [0.2, 0.25) is 0 Å². The van der Waals surface area contributed by atoms with Crippen LogP contribution in [-0.2, 0) is 21.4 Å². The highest BCUT2D eigenvalue weighted by molar-refractivity contribution is 7.99. The molecule has 1 aliphatic rings. The molecule has 37 heavy (non-hydrogen) atoms. The molecule has 1 N–H and O–H groups in total. The third-order valence-corrected chi connectivity index (χ3v) is 8.47. The minimum Gasteiger partial charge on any atom is -0.495 e. The third-order valence-electron chi connectivity index (χ3n) is 5.85. The summed E-state index contributed by atoms with van der Waals surface area (Å²) in [5, 5.41) is 3.12. The van der Waals surface area contributed by atoms with Gasteiger partial charge in [0, 0.05) is 5.56 Å². The lowest BCUT2D eigenvalue weighted by atomic mass is 10.1. The summed E-state index contributed by atoms with van der Waals surface area (Å²) in [5.41, 5.74) is 4.09. The second kappa shape index (κ2) is 10.2. The van der Waals surface area contributed by atoms with Crippen LogP contribution in [-0.4, -0.2) is 37.2 Å². The van der Waals surface area contributed by atoms with Gasteiger partial charge in [-0.2, -0.15) is 0 Å². The van der Waals surface area contributed by atoms with Gasteiger partial charge in [-0.3, -0.25) is 9.10 Å². The number of aryl methyl sites for hydroxylation is 1. The molecule has 10 heteroatoms. The minimum atomic E-state index is -3.90. The smallest absolute Gasteiger partial charge is 0.268 e. The Morgan fingerprint density at radius 1 is 1.05 bits per heavy atom. The molecule has 0 saturated carbocycles. The second-order valence-corrected chi connectivity index (χ2v) is 11.2. The van der Waals surface area contributed by atoms with Crippen molar-refractivity contribution in [2.75, 3.05) is 22.5 Å². The van der Waals surface area contributed by atoms with E-state index in [1.807, 2.05) is 55.5 Å². The van der Waals surface area contributed by atoms with E-state index in [0.717, 1.165) is 22.9 Å². The lowest BCUT2D eigenvalue weighted by Gasteiger charge is -2.31. The molecule has 2 heterocycles. The normalized spacial score (nSPS) is 13.4. The fourth-order valence-corrected chi connectivity index (χ4v) is 6.33. The molecule has 188 valence electrons. The number of anilines is 2. The van der Waals surface area contributed by atoms with Gasteiger partial charge in [-0.25, -0.2) is 18.4 Å². The quantitative estimate of drug-likeness (QED) is 0.267. The molecule has 0 atom stereocenters. The van der Waals surface area contributed by atoms with Gasteiger partial charge < -0.3 is 10.1 Å². The van der Waals surface area contributed by atoms with Crippen LogP contribution >= 0.6 is 11.8 Å². The summed E-state index contributed by atoms with van der Waals surface area (Å²) in [6.07, 6.45) is 1.33. The standard InChI is InChI=1S/C27H24N4O4S2/c1-18-8-7-9-19(14-18)16-31-22-12-5-3-10-20(22)26-24(37(31,33)34)15-28-27(30-26)36-17-25(32)29-21-11-4-6-13-23(21)35-2/h3-15H,16-17H2,1-2H3,(H,29,32). The summed E-state index contributed by atoms with van der Waals surface area (Å²) in [4.78, 5) is 21.4. The lowest BCUT2D eigenvalue weighted by molar-refractivity contribution is -0.113. The van der Waals surface area contributed by atoms with E-state index in [2.05, 4.69) is 15.3 Å². The molecular weight excluding hydrogens is 508 g/mol. The molecular formula is C27H24N4O4S2. The van der Waals surface area contributed by atoms with Crippen LogP contribution in [0.1, 0.15) is 11.1 Å². The van der Waals surface area contributed by atoms with Crippen molar-refractivity contribution in [2.24, 2.45) is 0 Å². The summed E-state index contributed by atoms with van der Waals surface area (Å²) in [5.74, 6) is 0.348. The van der Waals surface area contributed by atoms with Gasteiger partial charge in [0.2, 0.25) is 5.91 Å². The zero-order chi connectivity index (χ0) is 26.0. The fourth-order valence-electron chi connectivity index (χ4n) is 4.16. The van der Waals surface area contributed by atoms with E-state index in [0.29, 0.717) is 33.5 Å². The molecule has 1 aromatic heterocycles. The van der Waals surface area contributed by atoms with E-state index >= 15 is 0 Å². The van der Waals surface area contributed by atoms with Crippen LogP contribution in [0.3, 0.4) is 0 Å². The second-order valence-electron chi connectivity index (χ2n) is 8.42. The number of hydrogen-bond donors (Lipinski definition) is 1.